The number of halogens is 3. The summed E-state index contributed by atoms with van der Waals surface area (Å²) in [7, 11) is 1.70. The number of morpholine rings is 1. The van der Waals surface area contributed by atoms with Crippen LogP contribution in [-0.4, -0.2) is 67.3 Å². The van der Waals surface area contributed by atoms with Crippen molar-refractivity contribution in [3.8, 4) is 5.75 Å². The highest BCUT2D eigenvalue weighted by atomic mass is 19.4. The van der Waals surface area contributed by atoms with E-state index in [0.29, 0.717) is 12.6 Å². The number of fused-ring (bicyclic) bond motifs is 1. The molecule has 3 atom stereocenters. The van der Waals surface area contributed by atoms with Crippen LogP contribution in [0, 0.1) is 0 Å². The number of ether oxygens (including phenoxy) is 3. The number of rotatable bonds is 6. The van der Waals surface area contributed by atoms with E-state index in [-0.39, 0.29) is 12.2 Å². The van der Waals surface area contributed by atoms with Crippen LogP contribution in [0.25, 0.3) is 0 Å². The molecule has 0 unspecified atom stereocenters. The van der Waals surface area contributed by atoms with Crippen molar-refractivity contribution in [2.45, 2.75) is 43.8 Å². The van der Waals surface area contributed by atoms with E-state index in [1.54, 1.807) is 7.11 Å². The van der Waals surface area contributed by atoms with E-state index in [2.05, 4.69) is 23.6 Å². The summed E-state index contributed by atoms with van der Waals surface area (Å²) < 4.78 is 48.8. The Morgan fingerprint density at radius 2 is 2.00 bits per heavy atom. The van der Waals surface area contributed by atoms with Crippen LogP contribution in [0.3, 0.4) is 0 Å². The van der Waals surface area contributed by atoms with Gasteiger partial charge in [0.25, 0.3) is 0 Å². The quantitative estimate of drug-likeness (QED) is 0.717. The molecule has 0 radical (unpaired) electrons. The average molecular weight is 417 g/mol. The number of aliphatic carboxylic acids is 1. The SMILES string of the molecule is C=CCO[C@@H]1CC[C@H]2[C@H]1OCCN2Cc1ccc(OC)cc1.O=C(O)C(F)(F)F. The molecule has 0 spiro atoms. The van der Waals surface area contributed by atoms with Crippen molar-refractivity contribution in [2.75, 3.05) is 26.9 Å². The van der Waals surface area contributed by atoms with Gasteiger partial charge in [0, 0.05) is 19.1 Å². The van der Waals surface area contributed by atoms with Gasteiger partial charge in [0.1, 0.15) is 5.75 Å². The highest BCUT2D eigenvalue weighted by Gasteiger charge is 2.43. The second kappa shape index (κ2) is 10.6. The van der Waals surface area contributed by atoms with Crippen LogP contribution in [-0.2, 0) is 20.8 Å². The Morgan fingerprint density at radius 1 is 1.34 bits per heavy atom. The molecular weight excluding hydrogens is 391 g/mol. The lowest BCUT2D eigenvalue weighted by Crippen LogP contribution is -2.51. The monoisotopic (exact) mass is 417 g/mol. The Labute approximate surface area is 167 Å². The van der Waals surface area contributed by atoms with Crippen molar-refractivity contribution in [1.82, 2.24) is 4.90 Å². The van der Waals surface area contributed by atoms with Crippen molar-refractivity contribution in [3.63, 3.8) is 0 Å². The Bertz CT molecular complexity index is 665. The number of carbonyl (C=O) groups is 1. The molecule has 2 aliphatic rings. The third kappa shape index (κ3) is 6.73. The number of nitrogens with zero attached hydrogens (tertiary/aromatic N) is 1. The standard InChI is InChI=1S/C18H25NO3.C2HF3O2/c1-3-11-21-17-9-8-16-18(17)22-12-10-19(16)13-14-4-6-15(20-2)7-5-14;3-2(4,5)1(6)7/h3-7,16-18H,1,8-13H2,2H3;(H,6,7)/t16-,17+,18+;/m0./s1. The molecule has 1 heterocycles. The zero-order valence-corrected chi connectivity index (χ0v) is 16.2. The molecule has 1 saturated heterocycles. The van der Waals surface area contributed by atoms with E-state index in [1.807, 2.05) is 18.2 Å². The summed E-state index contributed by atoms with van der Waals surface area (Å²) in [4.78, 5) is 11.4. The van der Waals surface area contributed by atoms with Crippen LogP contribution in [0.2, 0.25) is 0 Å². The number of alkyl halides is 3. The molecule has 1 aliphatic heterocycles. The Balaban J connectivity index is 0.000000370. The first-order valence-electron chi connectivity index (χ1n) is 9.27. The minimum atomic E-state index is -5.08. The third-order valence-electron chi connectivity index (χ3n) is 4.87. The fraction of sp³-hybridized carbons (Fsp3) is 0.550. The lowest BCUT2D eigenvalue weighted by Gasteiger charge is -2.39. The van der Waals surface area contributed by atoms with E-state index in [0.717, 1.165) is 38.3 Å². The van der Waals surface area contributed by atoms with Gasteiger partial charge in [-0.3, -0.25) is 4.90 Å². The maximum atomic E-state index is 10.6. The van der Waals surface area contributed by atoms with Gasteiger partial charge in [-0.1, -0.05) is 18.2 Å². The largest absolute Gasteiger partial charge is 0.497 e. The molecule has 0 aromatic heterocycles. The number of hydrogen-bond acceptors (Lipinski definition) is 5. The Kier molecular flexibility index (Phi) is 8.48. The van der Waals surface area contributed by atoms with Gasteiger partial charge in [0.2, 0.25) is 0 Å². The van der Waals surface area contributed by atoms with Gasteiger partial charge >= 0.3 is 12.1 Å². The second-order valence-electron chi connectivity index (χ2n) is 6.76. The average Bonchev–Trinajstić information content (AvgIpc) is 3.11. The molecule has 0 bridgehead atoms. The number of hydrogen-bond donors (Lipinski definition) is 1. The molecule has 1 aromatic carbocycles. The van der Waals surface area contributed by atoms with E-state index < -0.39 is 12.1 Å². The summed E-state index contributed by atoms with van der Waals surface area (Å²) in [5.41, 5.74) is 1.32. The third-order valence-corrected chi connectivity index (χ3v) is 4.87. The highest BCUT2D eigenvalue weighted by molar-refractivity contribution is 5.73. The predicted octanol–water partition coefficient (Wildman–Crippen LogP) is 3.26. The van der Waals surface area contributed by atoms with Crippen LogP contribution >= 0.6 is 0 Å². The summed E-state index contributed by atoms with van der Waals surface area (Å²) in [6, 6.07) is 8.80. The summed E-state index contributed by atoms with van der Waals surface area (Å²) >= 11 is 0. The van der Waals surface area contributed by atoms with Crippen LogP contribution in [0.4, 0.5) is 13.2 Å². The summed E-state index contributed by atoms with van der Waals surface area (Å²) in [6.07, 6.45) is -0.649. The normalized spacial score (nSPS) is 24.2. The minimum Gasteiger partial charge on any atom is -0.497 e. The molecule has 1 saturated carbocycles. The zero-order valence-electron chi connectivity index (χ0n) is 16.2. The molecule has 1 aromatic rings. The highest BCUT2D eigenvalue weighted by Crippen LogP contribution is 2.33. The molecule has 1 aliphatic carbocycles. The van der Waals surface area contributed by atoms with Gasteiger partial charge in [-0.15, -0.1) is 6.58 Å². The first-order chi connectivity index (χ1) is 13.8. The van der Waals surface area contributed by atoms with Crippen LogP contribution in [0.1, 0.15) is 18.4 Å². The summed E-state index contributed by atoms with van der Waals surface area (Å²) in [5.74, 6) is -1.85. The molecule has 9 heteroatoms. The molecule has 0 amide bonds. The van der Waals surface area contributed by atoms with Crippen LogP contribution in [0.5, 0.6) is 5.75 Å². The van der Waals surface area contributed by atoms with E-state index in [9.17, 15) is 13.2 Å². The lowest BCUT2D eigenvalue weighted by atomic mass is 10.1. The Hall–Kier alpha value is -2.10. The lowest BCUT2D eigenvalue weighted by molar-refractivity contribution is -0.192. The zero-order chi connectivity index (χ0) is 21.4. The number of carboxylic acids is 1. The van der Waals surface area contributed by atoms with Crippen LogP contribution in [0.15, 0.2) is 36.9 Å². The molecular formula is C20H26F3NO5. The topological polar surface area (TPSA) is 68.2 Å². The van der Waals surface area contributed by atoms with E-state index in [1.165, 1.54) is 5.56 Å². The van der Waals surface area contributed by atoms with Crippen molar-refractivity contribution < 1.29 is 37.3 Å². The summed E-state index contributed by atoms with van der Waals surface area (Å²) in [5, 5.41) is 7.12. The van der Waals surface area contributed by atoms with Gasteiger partial charge in [0.05, 0.1) is 32.5 Å². The van der Waals surface area contributed by atoms with Crippen molar-refractivity contribution >= 4 is 5.97 Å². The van der Waals surface area contributed by atoms with Crippen LogP contribution < -0.4 is 4.74 Å². The number of methoxy groups -OCH3 is 1. The van der Waals surface area contributed by atoms with E-state index in [4.69, 9.17) is 24.1 Å². The molecule has 2 fully saturated rings. The van der Waals surface area contributed by atoms with Gasteiger partial charge in [-0.25, -0.2) is 4.79 Å². The van der Waals surface area contributed by atoms with Crippen molar-refractivity contribution in [3.05, 3.63) is 42.5 Å². The molecule has 162 valence electrons. The van der Waals surface area contributed by atoms with E-state index >= 15 is 0 Å². The van der Waals surface area contributed by atoms with Crippen molar-refractivity contribution in [1.29, 1.82) is 0 Å². The molecule has 29 heavy (non-hydrogen) atoms. The number of benzene rings is 1. The maximum absolute atomic E-state index is 10.6. The van der Waals surface area contributed by atoms with Gasteiger partial charge in [-0.05, 0) is 30.5 Å². The molecule has 1 N–H and O–H groups in total. The van der Waals surface area contributed by atoms with Gasteiger partial charge < -0.3 is 19.3 Å². The van der Waals surface area contributed by atoms with Crippen molar-refractivity contribution in [2.24, 2.45) is 0 Å². The predicted molar refractivity (Wildman–Crippen MR) is 99.8 cm³/mol. The minimum absolute atomic E-state index is 0.201. The summed E-state index contributed by atoms with van der Waals surface area (Å²) in [6.45, 7) is 7.06. The molecule has 3 rings (SSSR count). The van der Waals surface area contributed by atoms with Gasteiger partial charge in [-0.2, -0.15) is 13.2 Å². The first kappa shape index (κ1) is 23.2. The second-order valence-corrected chi connectivity index (χ2v) is 6.76. The Morgan fingerprint density at radius 3 is 2.55 bits per heavy atom. The molecule has 6 nitrogen and oxygen atoms in total. The fourth-order valence-corrected chi connectivity index (χ4v) is 3.52. The maximum Gasteiger partial charge on any atom is 0.490 e. The fourth-order valence-electron chi connectivity index (χ4n) is 3.52. The first-order valence-corrected chi connectivity index (χ1v) is 9.27. The number of carboxylic acid groups (broad SMARTS) is 1. The van der Waals surface area contributed by atoms with Gasteiger partial charge in [0.15, 0.2) is 0 Å². The smallest absolute Gasteiger partial charge is 0.490 e.